The number of ether oxygens (including phenoxy) is 1. The molecule has 4 rings (SSSR count). The second kappa shape index (κ2) is 5.95. The highest BCUT2D eigenvalue weighted by Crippen LogP contribution is 2.46. The van der Waals surface area contributed by atoms with Gasteiger partial charge in [0.2, 0.25) is 0 Å². The van der Waals surface area contributed by atoms with Crippen LogP contribution in [0.4, 0.5) is 0 Å². The van der Waals surface area contributed by atoms with Crippen LogP contribution in [0.25, 0.3) is 0 Å². The van der Waals surface area contributed by atoms with Crippen molar-refractivity contribution in [2.45, 2.75) is 44.1 Å². The predicted octanol–water partition coefficient (Wildman–Crippen LogP) is 4.80. The minimum absolute atomic E-state index is 0.161. The Balaban J connectivity index is 1.65. The van der Waals surface area contributed by atoms with Gasteiger partial charge in [-0.1, -0.05) is 18.2 Å². The van der Waals surface area contributed by atoms with Crippen molar-refractivity contribution in [1.29, 1.82) is 0 Å². The van der Waals surface area contributed by atoms with Gasteiger partial charge in [-0.15, -0.1) is 11.3 Å². The smallest absolute Gasteiger partial charge is 0.122 e. The first-order valence-corrected chi connectivity index (χ1v) is 9.55. The summed E-state index contributed by atoms with van der Waals surface area (Å²) in [4.78, 5) is 4.28. The maximum absolute atomic E-state index is 5.63. The summed E-state index contributed by atoms with van der Waals surface area (Å²) in [5.41, 5.74) is 3.09. The van der Waals surface area contributed by atoms with Crippen molar-refractivity contribution in [2.75, 3.05) is 20.2 Å². The molecule has 2 unspecified atom stereocenters. The molecule has 122 valence electrons. The summed E-state index contributed by atoms with van der Waals surface area (Å²) in [6.45, 7) is 4.84. The van der Waals surface area contributed by atoms with Crippen LogP contribution in [-0.2, 0) is 12.0 Å². The molecule has 2 heterocycles. The van der Waals surface area contributed by atoms with Crippen molar-refractivity contribution in [1.82, 2.24) is 4.90 Å². The number of benzene rings is 1. The molecule has 2 atom stereocenters. The van der Waals surface area contributed by atoms with E-state index in [0.717, 1.165) is 12.2 Å². The molecule has 2 aromatic rings. The first-order chi connectivity index (χ1) is 11.2. The van der Waals surface area contributed by atoms with Crippen LogP contribution in [0.2, 0.25) is 0 Å². The standard InChI is InChI=1S/C20H25NOS/c1-20(21-12-10-15(14-21)19-9-5-13-23-19)11-4-6-16-17(20)7-3-8-18(16)22-2/h3,5,7-9,13,15H,4,6,10-12,14H2,1-2H3. The van der Waals surface area contributed by atoms with Crippen molar-refractivity contribution < 1.29 is 4.74 Å². The van der Waals surface area contributed by atoms with Crippen LogP contribution in [0, 0.1) is 0 Å². The summed E-state index contributed by atoms with van der Waals surface area (Å²) in [6, 6.07) is 11.1. The molecule has 3 heteroatoms. The maximum Gasteiger partial charge on any atom is 0.122 e. The molecule has 1 aliphatic heterocycles. The summed E-state index contributed by atoms with van der Waals surface area (Å²) in [6.07, 6.45) is 4.95. The number of methoxy groups -OCH3 is 1. The van der Waals surface area contributed by atoms with Crippen molar-refractivity contribution in [3.05, 3.63) is 51.7 Å². The van der Waals surface area contributed by atoms with E-state index in [9.17, 15) is 0 Å². The van der Waals surface area contributed by atoms with Crippen molar-refractivity contribution >= 4 is 11.3 Å². The lowest BCUT2D eigenvalue weighted by molar-refractivity contribution is 0.111. The van der Waals surface area contributed by atoms with E-state index in [4.69, 9.17) is 4.74 Å². The average Bonchev–Trinajstić information content (AvgIpc) is 3.26. The molecule has 1 aromatic heterocycles. The zero-order chi connectivity index (χ0) is 15.9. The van der Waals surface area contributed by atoms with Crippen LogP contribution >= 0.6 is 11.3 Å². The largest absolute Gasteiger partial charge is 0.496 e. The lowest BCUT2D eigenvalue weighted by atomic mass is 9.76. The second-order valence-corrected chi connectivity index (χ2v) is 8.04. The Bertz CT molecular complexity index is 681. The van der Waals surface area contributed by atoms with Gasteiger partial charge in [-0.2, -0.15) is 0 Å². The van der Waals surface area contributed by atoms with E-state index < -0.39 is 0 Å². The van der Waals surface area contributed by atoms with Crippen LogP contribution in [0.3, 0.4) is 0 Å². The third-order valence-corrected chi connectivity index (χ3v) is 6.89. The van der Waals surface area contributed by atoms with Crippen LogP contribution < -0.4 is 4.74 Å². The number of hydrogen-bond donors (Lipinski definition) is 0. The van der Waals surface area contributed by atoms with Gasteiger partial charge in [0.05, 0.1) is 7.11 Å². The third-order valence-electron chi connectivity index (χ3n) is 5.86. The van der Waals surface area contributed by atoms with Crippen LogP contribution in [0.1, 0.15) is 48.1 Å². The van der Waals surface area contributed by atoms with Crippen LogP contribution in [-0.4, -0.2) is 25.1 Å². The number of fused-ring (bicyclic) bond motifs is 1. The van der Waals surface area contributed by atoms with Gasteiger partial charge < -0.3 is 4.74 Å². The molecule has 1 aromatic carbocycles. The lowest BCUT2D eigenvalue weighted by Crippen LogP contribution is -2.44. The molecule has 0 spiro atoms. The van der Waals surface area contributed by atoms with E-state index in [2.05, 4.69) is 47.5 Å². The second-order valence-electron chi connectivity index (χ2n) is 7.06. The highest BCUT2D eigenvalue weighted by atomic mass is 32.1. The lowest BCUT2D eigenvalue weighted by Gasteiger charge is -2.44. The Labute approximate surface area is 143 Å². The van der Waals surface area contributed by atoms with Crippen molar-refractivity contribution in [3.63, 3.8) is 0 Å². The number of hydrogen-bond acceptors (Lipinski definition) is 3. The average molecular weight is 327 g/mol. The van der Waals surface area contributed by atoms with Crippen LogP contribution in [0.5, 0.6) is 5.75 Å². The quantitative estimate of drug-likeness (QED) is 0.803. The van der Waals surface area contributed by atoms with E-state index in [1.54, 1.807) is 12.0 Å². The molecule has 0 radical (unpaired) electrons. The Kier molecular flexibility index (Phi) is 3.94. The molecule has 0 saturated carbocycles. The molecule has 0 N–H and O–H groups in total. The summed E-state index contributed by atoms with van der Waals surface area (Å²) < 4.78 is 5.63. The molecule has 1 aliphatic carbocycles. The Morgan fingerprint density at radius 1 is 1.26 bits per heavy atom. The minimum Gasteiger partial charge on any atom is -0.496 e. The maximum atomic E-state index is 5.63. The van der Waals surface area contributed by atoms with E-state index >= 15 is 0 Å². The van der Waals surface area contributed by atoms with Gasteiger partial charge in [-0.05, 0) is 67.8 Å². The fraction of sp³-hybridized carbons (Fsp3) is 0.500. The van der Waals surface area contributed by atoms with E-state index in [1.165, 1.54) is 43.5 Å². The monoisotopic (exact) mass is 327 g/mol. The SMILES string of the molecule is COc1cccc2c1CCCC2(C)N1CCC(c2cccs2)C1. The normalized spacial score (nSPS) is 27.8. The number of likely N-dealkylation sites (tertiary alicyclic amines) is 1. The first-order valence-electron chi connectivity index (χ1n) is 8.67. The molecular weight excluding hydrogens is 302 g/mol. The van der Waals surface area contributed by atoms with Crippen molar-refractivity contribution in [3.8, 4) is 5.75 Å². The molecule has 0 bridgehead atoms. The Hall–Kier alpha value is -1.32. The molecule has 2 nitrogen and oxygen atoms in total. The van der Waals surface area contributed by atoms with Gasteiger partial charge in [0, 0.05) is 22.9 Å². The highest BCUT2D eigenvalue weighted by Gasteiger charge is 2.41. The zero-order valence-corrected chi connectivity index (χ0v) is 14.9. The van der Waals surface area contributed by atoms with Gasteiger partial charge >= 0.3 is 0 Å². The van der Waals surface area contributed by atoms with Gasteiger partial charge in [0.15, 0.2) is 0 Å². The zero-order valence-electron chi connectivity index (χ0n) is 14.0. The van der Waals surface area contributed by atoms with E-state index in [1.807, 2.05) is 11.3 Å². The first kappa shape index (κ1) is 15.2. The van der Waals surface area contributed by atoms with E-state index in [0.29, 0.717) is 5.92 Å². The fourth-order valence-corrected chi connectivity index (χ4v) is 5.41. The molecule has 23 heavy (non-hydrogen) atoms. The van der Waals surface area contributed by atoms with Gasteiger partial charge in [0.25, 0.3) is 0 Å². The van der Waals surface area contributed by atoms with Crippen LogP contribution in [0.15, 0.2) is 35.7 Å². The molecule has 2 aliphatic rings. The fourth-order valence-electron chi connectivity index (χ4n) is 4.56. The van der Waals surface area contributed by atoms with Gasteiger partial charge in [-0.3, -0.25) is 4.90 Å². The number of nitrogens with zero attached hydrogens (tertiary/aromatic N) is 1. The summed E-state index contributed by atoms with van der Waals surface area (Å²) in [5.74, 6) is 1.78. The van der Waals surface area contributed by atoms with Gasteiger partial charge in [0.1, 0.15) is 5.75 Å². The topological polar surface area (TPSA) is 12.5 Å². The summed E-state index contributed by atoms with van der Waals surface area (Å²) in [7, 11) is 1.80. The summed E-state index contributed by atoms with van der Waals surface area (Å²) in [5, 5.41) is 2.21. The van der Waals surface area contributed by atoms with E-state index in [-0.39, 0.29) is 5.54 Å². The van der Waals surface area contributed by atoms with Gasteiger partial charge in [-0.25, -0.2) is 0 Å². The van der Waals surface area contributed by atoms with Crippen molar-refractivity contribution in [2.24, 2.45) is 0 Å². The Morgan fingerprint density at radius 3 is 2.96 bits per heavy atom. The molecule has 1 fully saturated rings. The number of thiophene rings is 1. The minimum atomic E-state index is 0.161. The summed E-state index contributed by atoms with van der Waals surface area (Å²) >= 11 is 1.91. The predicted molar refractivity (Wildman–Crippen MR) is 96.5 cm³/mol. The molecule has 0 amide bonds. The highest BCUT2D eigenvalue weighted by molar-refractivity contribution is 7.10. The molecule has 1 saturated heterocycles. The number of rotatable bonds is 3. The third kappa shape index (κ3) is 2.50. The molecular formula is C20H25NOS. The Morgan fingerprint density at radius 2 is 2.17 bits per heavy atom.